The highest BCUT2D eigenvalue weighted by atomic mass is 32.2. The van der Waals surface area contributed by atoms with E-state index in [2.05, 4.69) is 20.6 Å². The number of thioether (sulfide) groups is 10. The molecule has 0 atom stereocenters. The fourth-order valence-corrected chi connectivity index (χ4v) is 9.59. The molecule has 0 heterocycles. The lowest BCUT2D eigenvalue weighted by Crippen LogP contribution is -2.26. The first-order valence-electron chi connectivity index (χ1n) is 13.5. The first-order valence-corrected chi connectivity index (χ1v) is 25.1. The molecule has 24 heteroatoms. The molecular weight excluding hydrogens is 813 g/mol. The molecule has 0 spiro atoms. The van der Waals surface area contributed by atoms with Gasteiger partial charge in [0.25, 0.3) is 0 Å². The molecule has 0 saturated carbocycles. The van der Waals surface area contributed by atoms with Crippen LogP contribution in [0.15, 0.2) is 9.98 Å². The van der Waals surface area contributed by atoms with Crippen molar-refractivity contribution in [3.05, 3.63) is 0 Å². The van der Waals surface area contributed by atoms with Gasteiger partial charge in [0.05, 0.1) is 25.0 Å². The number of hydrogen-bond acceptors (Lipinski definition) is 22. The van der Waals surface area contributed by atoms with Crippen molar-refractivity contribution >= 4 is 143 Å². The number of carbonyl (C=O) groups is 2. The van der Waals surface area contributed by atoms with Gasteiger partial charge in [-0.2, -0.15) is 9.78 Å². The van der Waals surface area contributed by atoms with Gasteiger partial charge in [-0.15, -0.1) is 118 Å². The summed E-state index contributed by atoms with van der Waals surface area (Å²) in [5.74, 6) is 4.70. The Labute approximate surface area is 319 Å². The van der Waals surface area contributed by atoms with Crippen molar-refractivity contribution in [1.29, 1.82) is 0 Å². The molecule has 0 aliphatic carbocycles. The van der Waals surface area contributed by atoms with Crippen LogP contribution in [0.5, 0.6) is 0 Å². The fraction of sp³-hybridized carbons (Fsp3) is 0.826. The Morgan fingerprint density at radius 2 is 0.915 bits per heavy atom. The van der Waals surface area contributed by atoms with Crippen molar-refractivity contribution in [1.82, 2.24) is 10.6 Å². The number of aliphatic hydroxyl groups is 2. The predicted octanol–water partition coefficient (Wildman–Crippen LogP) is 5.24. The van der Waals surface area contributed by atoms with E-state index in [0.29, 0.717) is 48.2 Å². The molecule has 276 valence electrons. The van der Waals surface area contributed by atoms with E-state index in [0.717, 1.165) is 38.3 Å². The van der Waals surface area contributed by atoms with Gasteiger partial charge in [0.1, 0.15) is 23.8 Å². The van der Waals surface area contributed by atoms with Gasteiger partial charge in [-0.3, -0.25) is 9.98 Å². The highest BCUT2D eigenvalue weighted by Gasteiger charge is 2.02. The van der Waals surface area contributed by atoms with Crippen molar-refractivity contribution in [2.75, 3.05) is 110 Å². The lowest BCUT2D eigenvalue weighted by molar-refractivity contribution is -0.196. The van der Waals surface area contributed by atoms with Crippen LogP contribution >= 0.6 is 118 Å². The number of aliphatic imine (C=N–C) groups is 2. The summed E-state index contributed by atoms with van der Waals surface area (Å²) in [5, 5.41) is 26.6. The zero-order chi connectivity index (χ0) is 34.1. The monoisotopic (exact) mass is 856 g/mol. The molecule has 0 fully saturated rings. The lowest BCUT2D eigenvalue weighted by atomic mass is 10.7. The summed E-state index contributed by atoms with van der Waals surface area (Å²) < 4.78 is 10.1. The molecule has 0 aliphatic rings. The number of hydrogen-bond donors (Lipinski definition) is 4. The van der Waals surface area contributed by atoms with E-state index in [1.807, 2.05) is 0 Å². The van der Waals surface area contributed by atoms with Crippen LogP contribution in [0.1, 0.15) is 0 Å². The van der Waals surface area contributed by atoms with Crippen LogP contribution in [-0.2, 0) is 29.0 Å². The smallest absolute Gasteiger partial charge is 0.407 e. The van der Waals surface area contributed by atoms with Crippen LogP contribution in [0.3, 0.4) is 0 Å². The molecule has 0 bridgehead atoms. The SMILES string of the molecule is O=C(NCCSCSCCN=COOCSCSCOC(=O)NCCSCSCCN=COOCSCSCO)OCSCSCO. The Morgan fingerprint density at radius 3 is 1.36 bits per heavy atom. The van der Waals surface area contributed by atoms with E-state index >= 15 is 0 Å². The third kappa shape index (κ3) is 42.9. The van der Waals surface area contributed by atoms with Gasteiger partial charge in [-0.1, -0.05) is 0 Å². The summed E-state index contributed by atoms with van der Waals surface area (Å²) in [7, 11) is 0. The summed E-state index contributed by atoms with van der Waals surface area (Å²) in [4.78, 5) is 51.0. The number of alkyl carbamates (subject to hydrolysis) is 2. The van der Waals surface area contributed by atoms with Gasteiger partial charge in [0, 0.05) is 61.5 Å². The first-order chi connectivity index (χ1) is 23.2. The van der Waals surface area contributed by atoms with E-state index in [9.17, 15) is 9.59 Å². The summed E-state index contributed by atoms with van der Waals surface area (Å²) >= 11 is 15.6. The van der Waals surface area contributed by atoms with Crippen LogP contribution < -0.4 is 10.6 Å². The quantitative estimate of drug-likeness (QED) is 0.0160. The molecule has 14 nitrogen and oxygen atoms in total. The maximum Gasteiger partial charge on any atom is 0.407 e. The molecule has 4 N–H and O–H groups in total. The summed E-state index contributed by atoms with van der Waals surface area (Å²) in [5.41, 5.74) is 0. The topological polar surface area (TPSA) is 179 Å². The number of nitrogens with zero attached hydrogens (tertiary/aromatic N) is 2. The normalized spacial score (nSPS) is 11.3. The number of ether oxygens (including phenoxy) is 2. The van der Waals surface area contributed by atoms with Crippen LogP contribution in [0.2, 0.25) is 0 Å². The summed E-state index contributed by atoms with van der Waals surface area (Å²) in [6.45, 7) is 2.33. The second-order valence-corrected chi connectivity index (χ2v) is 19.2. The Morgan fingerprint density at radius 1 is 0.532 bits per heavy atom. The van der Waals surface area contributed by atoms with Gasteiger partial charge in [0.15, 0.2) is 0 Å². The van der Waals surface area contributed by atoms with Crippen LogP contribution in [-0.4, -0.2) is 145 Å². The minimum atomic E-state index is -0.430. The van der Waals surface area contributed by atoms with Crippen molar-refractivity contribution in [2.24, 2.45) is 9.98 Å². The molecule has 0 rings (SSSR count). The standard InChI is InChI=1S/C23H44N4O10S10/c28-11-42-19-44-13-32-22(30)26-3-7-40-17-39-6-2-25-10-35-37-16-47-21-45-14-33-23(31)27-4-8-41-18-38-5-1-24-9-34-36-15-46-20-43-12-29/h9-10,28-29H,1-8,11-21H2,(H,26,30)(H,27,31). The average molecular weight is 857 g/mol. The van der Waals surface area contributed by atoms with Crippen molar-refractivity contribution < 1.29 is 48.8 Å². The third-order valence-corrected chi connectivity index (χ3v) is 14.0. The number of amides is 2. The van der Waals surface area contributed by atoms with Gasteiger partial charge in [-0.25, -0.2) is 9.59 Å². The largest absolute Gasteiger partial charge is 0.438 e. The molecule has 0 aromatic rings. The van der Waals surface area contributed by atoms with Gasteiger partial charge in [0.2, 0.25) is 12.8 Å². The molecule has 0 aromatic carbocycles. The average Bonchev–Trinajstić information content (AvgIpc) is 3.07. The van der Waals surface area contributed by atoms with Crippen LogP contribution in [0.25, 0.3) is 0 Å². The molecule has 0 radical (unpaired) electrons. The Hall–Kier alpha value is 0.820. The molecule has 47 heavy (non-hydrogen) atoms. The molecule has 0 saturated heterocycles. The number of carbonyl (C=O) groups excluding carboxylic acids is 2. The Kier molecular flexibility index (Phi) is 43.7. The highest BCUT2D eigenvalue weighted by Crippen LogP contribution is 2.14. The third-order valence-electron chi connectivity index (χ3n) is 3.96. The Balaban J connectivity index is 3.27. The van der Waals surface area contributed by atoms with Crippen molar-refractivity contribution in [3.63, 3.8) is 0 Å². The summed E-state index contributed by atoms with van der Waals surface area (Å²) in [6.07, 6.45) is 1.72. The molecule has 0 unspecified atom stereocenters. The first kappa shape index (κ1) is 47.8. The number of rotatable bonds is 36. The van der Waals surface area contributed by atoms with Gasteiger partial charge < -0.3 is 40.1 Å². The lowest BCUT2D eigenvalue weighted by Gasteiger charge is -2.06. The van der Waals surface area contributed by atoms with E-state index in [-0.39, 0.29) is 23.8 Å². The van der Waals surface area contributed by atoms with Crippen molar-refractivity contribution in [2.45, 2.75) is 0 Å². The minimum absolute atomic E-state index is 0.0647. The van der Waals surface area contributed by atoms with Gasteiger partial charge in [-0.05, 0) is 0 Å². The van der Waals surface area contributed by atoms with E-state index < -0.39 is 12.2 Å². The molecule has 0 aromatic heterocycles. The summed E-state index contributed by atoms with van der Waals surface area (Å²) in [6, 6.07) is 0. The maximum absolute atomic E-state index is 11.7. The molecular formula is C23H44N4O10S10. The van der Waals surface area contributed by atoms with Crippen LogP contribution in [0, 0.1) is 0 Å². The number of aliphatic hydroxyl groups excluding tert-OH is 2. The van der Waals surface area contributed by atoms with E-state index in [1.54, 1.807) is 47.0 Å². The maximum atomic E-state index is 11.7. The Bertz CT molecular complexity index is 761. The number of nitrogens with one attached hydrogen (secondary N) is 2. The van der Waals surface area contributed by atoms with Gasteiger partial charge >= 0.3 is 12.2 Å². The second kappa shape index (κ2) is 43.0. The van der Waals surface area contributed by atoms with Crippen LogP contribution in [0.4, 0.5) is 9.59 Å². The predicted molar refractivity (Wildman–Crippen MR) is 213 cm³/mol. The zero-order valence-corrected chi connectivity index (χ0v) is 33.9. The second-order valence-electron chi connectivity index (χ2n) is 7.35. The molecule has 0 aliphatic heterocycles. The fourth-order valence-electron chi connectivity index (χ4n) is 2.07. The minimum Gasteiger partial charge on any atom is -0.438 e. The zero-order valence-electron chi connectivity index (χ0n) is 25.7. The van der Waals surface area contributed by atoms with E-state index in [1.165, 1.54) is 83.4 Å². The molecule has 2 amide bonds. The van der Waals surface area contributed by atoms with Crippen molar-refractivity contribution in [3.8, 4) is 0 Å². The van der Waals surface area contributed by atoms with E-state index in [4.69, 9.17) is 39.2 Å². The highest BCUT2D eigenvalue weighted by molar-refractivity contribution is 8.17.